The molecule has 0 spiro atoms. The van der Waals surface area contributed by atoms with Gasteiger partial charge in [0.05, 0.1) is 16.3 Å². The second-order valence-corrected chi connectivity index (χ2v) is 7.17. The van der Waals surface area contributed by atoms with Crippen molar-refractivity contribution in [1.82, 2.24) is 19.5 Å². The quantitative estimate of drug-likeness (QED) is 0.226. The summed E-state index contributed by atoms with van der Waals surface area (Å²) in [7, 11) is 0. The highest BCUT2D eigenvalue weighted by Gasteiger charge is 2.33. The molecular formula is C19H11Cl2F3N6O2. The van der Waals surface area contributed by atoms with Crippen molar-refractivity contribution in [2.45, 2.75) is 6.18 Å². The van der Waals surface area contributed by atoms with E-state index in [1.807, 2.05) is 0 Å². The molecule has 2 aromatic heterocycles. The van der Waals surface area contributed by atoms with Crippen molar-refractivity contribution >= 4 is 51.8 Å². The van der Waals surface area contributed by atoms with Gasteiger partial charge < -0.3 is 5.32 Å². The van der Waals surface area contributed by atoms with Gasteiger partial charge in [0.2, 0.25) is 0 Å². The van der Waals surface area contributed by atoms with Crippen LogP contribution in [0.15, 0.2) is 55.1 Å². The third kappa shape index (κ3) is 4.17. The smallest absolute Gasteiger partial charge is 0.306 e. The molecule has 0 aliphatic carbocycles. The lowest BCUT2D eigenvalue weighted by Crippen LogP contribution is -2.31. The number of carbonyl (C=O) groups excluding carboxylic acids is 1. The molecule has 32 heavy (non-hydrogen) atoms. The Morgan fingerprint density at radius 1 is 1.06 bits per heavy atom. The van der Waals surface area contributed by atoms with Crippen molar-refractivity contribution in [3.05, 3.63) is 70.9 Å². The fourth-order valence-electron chi connectivity index (χ4n) is 2.86. The van der Waals surface area contributed by atoms with Crippen LogP contribution in [0.4, 0.5) is 29.3 Å². The van der Waals surface area contributed by atoms with E-state index in [-0.39, 0.29) is 21.6 Å². The van der Waals surface area contributed by atoms with Crippen LogP contribution in [0.25, 0.3) is 16.9 Å². The first-order valence-corrected chi connectivity index (χ1v) is 9.51. The Hall–Kier alpha value is -3.41. The lowest BCUT2D eigenvalue weighted by Gasteiger charge is -2.17. The van der Waals surface area contributed by atoms with E-state index in [4.69, 9.17) is 23.2 Å². The van der Waals surface area contributed by atoms with Gasteiger partial charge in [-0.1, -0.05) is 23.2 Å². The summed E-state index contributed by atoms with van der Waals surface area (Å²) < 4.78 is 40.6. The number of halogens is 5. The number of urea groups is 1. The third-order valence-corrected chi connectivity index (χ3v) is 4.98. The Morgan fingerprint density at radius 2 is 1.78 bits per heavy atom. The number of nitrogens with one attached hydrogen (secondary N) is 1. The van der Waals surface area contributed by atoms with Crippen molar-refractivity contribution in [2.24, 2.45) is 0 Å². The summed E-state index contributed by atoms with van der Waals surface area (Å²) in [5.74, 6) is 0. The number of hydrogen-bond donors (Lipinski definition) is 2. The van der Waals surface area contributed by atoms with E-state index in [9.17, 15) is 23.2 Å². The summed E-state index contributed by atoms with van der Waals surface area (Å²) in [5.41, 5.74) is 0.231. The molecule has 2 aromatic carbocycles. The van der Waals surface area contributed by atoms with Crippen molar-refractivity contribution < 1.29 is 23.2 Å². The van der Waals surface area contributed by atoms with Gasteiger partial charge in [-0.25, -0.2) is 19.7 Å². The molecule has 0 aliphatic rings. The van der Waals surface area contributed by atoms with Crippen LogP contribution in [-0.4, -0.2) is 30.8 Å². The topological polar surface area (TPSA) is 96.2 Å². The Labute approximate surface area is 187 Å². The van der Waals surface area contributed by atoms with Crippen LogP contribution in [0.2, 0.25) is 10.2 Å². The van der Waals surface area contributed by atoms with Gasteiger partial charge in [0.1, 0.15) is 18.2 Å². The maximum absolute atomic E-state index is 13.0. The van der Waals surface area contributed by atoms with Gasteiger partial charge in [-0.3, -0.25) is 9.77 Å². The summed E-state index contributed by atoms with van der Waals surface area (Å²) in [6.07, 6.45) is -1.92. The van der Waals surface area contributed by atoms with Crippen LogP contribution >= 0.6 is 23.2 Å². The van der Waals surface area contributed by atoms with E-state index >= 15 is 0 Å². The third-order valence-electron chi connectivity index (χ3n) is 4.38. The molecule has 0 atom stereocenters. The van der Waals surface area contributed by atoms with Gasteiger partial charge in [0.15, 0.2) is 10.8 Å². The zero-order valence-electron chi connectivity index (χ0n) is 15.7. The first-order chi connectivity index (χ1) is 15.1. The molecule has 0 aliphatic heterocycles. The molecule has 4 rings (SSSR count). The van der Waals surface area contributed by atoms with E-state index in [0.717, 1.165) is 6.07 Å². The van der Waals surface area contributed by atoms with Crippen molar-refractivity contribution in [3.8, 4) is 5.69 Å². The van der Waals surface area contributed by atoms with Gasteiger partial charge in [-0.2, -0.15) is 18.2 Å². The minimum atomic E-state index is -4.70. The average Bonchev–Trinajstić information content (AvgIpc) is 3.19. The van der Waals surface area contributed by atoms with Crippen LogP contribution in [0.3, 0.4) is 0 Å². The minimum absolute atomic E-state index is 0.0633. The molecule has 2 N–H and O–H groups in total. The summed E-state index contributed by atoms with van der Waals surface area (Å²) in [6, 6.07) is 7.79. The second-order valence-electron chi connectivity index (χ2n) is 6.40. The molecule has 0 radical (unpaired) electrons. The van der Waals surface area contributed by atoms with Crippen LogP contribution in [0.5, 0.6) is 0 Å². The van der Waals surface area contributed by atoms with Crippen LogP contribution in [0.1, 0.15) is 5.56 Å². The number of imidazole rings is 1. The number of alkyl halides is 3. The number of hydroxylamine groups is 1. The number of carbonyl (C=O) groups is 1. The fraction of sp³-hybridized carbons (Fsp3) is 0.0526. The van der Waals surface area contributed by atoms with Gasteiger partial charge in [0, 0.05) is 11.4 Å². The molecule has 0 fully saturated rings. The molecule has 13 heteroatoms. The number of aromatic nitrogens is 4. The molecule has 0 saturated heterocycles. The van der Waals surface area contributed by atoms with Crippen molar-refractivity contribution in [3.63, 3.8) is 0 Å². The van der Waals surface area contributed by atoms with E-state index < -0.39 is 22.8 Å². The molecule has 0 unspecified atom stereocenters. The predicted octanol–water partition coefficient (Wildman–Crippen LogP) is 5.57. The summed E-state index contributed by atoms with van der Waals surface area (Å²) in [6.45, 7) is 0. The van der Waals surface area contributed by atoms with E-state index in [2.05, 4.69) is 20.3 Å². The first-order valence-electron chi connectivity index (χ1n) is 8.76. The monoisotopic (exact) mass is 482 g/mol. The Bertz CT molecular complexity index is 1310. The maximum atomic E-state index is 13.0. The van der Waals surface area contributed by atoms with Crippen LogP contribution in [0, 0.1) is 0 Å². The fourth-order valence-corrected chi connectivity index (χ4v) is 3.27. The Kier molecular flexibility index (Phi) is 5.63. The highest BCUT2D eigenvalue weighted by Crippen LogP contribution is 2.36. The highest BCUT2D eigenvalue weighted by molar-refractivity contribution is 6.33. The van der Waals surface area contributed by atoms with Gasteiger partial charge in [0.25, 0.3) is 0 Å². The van der Waals surface area contributed by atoms with Gasteiger partial charge in [-0.05, 0) is 42.5 Å². The molecule has 2 heterocycles. The Morgan fingerprint density at radius 3 is 2.47 bits per heavy atom. The van der Waals surface area contributed by atoms with E-state index in [0.29, 0.717) is 22.9 Å². The first kappa shape index (κ1) is 21.8. The molecule has 0 saturated carbocycles. The number of hydrogen-bond acceptors (Lipinski definition) is 5. The average molecular weight is 483 g/mol. The minimum Gasteiger partial charge on any atom is -0.306 e. The molecule has 0 bridgehead atoms. The van der Waals surface area contributed by atoms with Crippen LogP contribution in [-0.2, 0) is 6.18 Å². The number of benzene rings is 2. The summed E-state index contributed by atoms with van der Waals surface area (Å²) in [4.78, 5) is 24.4. The molecule has 4 aromatic rings. The van der Waals surface area contributed by atoms with Crippen molar-refractivity contribution in [1.29, 1.82) is 0 Å². The molecule has 8 nitrogen and oxygen atoms in total. The highest BCUT2D eigenvalue weighted by atomic mass is 35.5. The number of fused-ring (bicyclic) bond motifs is 1. The van der Waals surface area contributed by atoms with Crippen molar-refractivity contribution in [2.75, 3.05) is 10.4 Å². The standard InChI is InChI=1S/C19H11Cl2F3N6O2/c20-14-6-1-10(7-13(14)19(22,23)24)28-18(31)30(32)12-4-2-11(3-5-12)29-9-27-15-16(21)25-8-26-17(15)29/h1-9,32H,(H,28,31). The van der Waals surface area contributed by atoms with Gasteiger partial charge in [-0.15, -0.1) is 0 Å². The number of amides is 2. The number of nitrogens with zero attached hydrogens (tertiary/aromatic N) is 5. The number of rotatable bonds is 3. The molecular weight excluding hydrogens is 472 g/mol. The predicted molar refractivity (Wildman–Crippen MR) is 111 cm³/mol. The SMILES string of the molecule is O=C(Nc1ccc(Cl)c(C(F)(F)F)c1)N(O)c1ccc(-n2cnc3c(Cl)ncnc32)cc1. The largest absolute Gasteiger partial charge is 0.417 e. The second kappa shape index (κ2) is 8.26. The van der Waals surface area contributed by atoms with E-state index in [1.165, 1.54) is 30.9 Å². The summed E-state index contributed by atoms with van der Waals surface area (Å²) >= 11 is 11.6. The zero-order valence-corrected chi connectivity index (χ0v) is 17.2. The molecule has 2 amide bonds. The molecule has 164 valence electrons. The zero-order chi connectivity index (χ0) is 23.0. The maximum Gasteiger partial charge on any atom is 0.417 e. The number of anilines is 2. The normalized spacial score (nSPS) is 11.6. The lowest BCUT2D eigenvalue weighted by atomic mass is 10.2. The van der Waals surface area contributed by atoms with Crippen LogP contribution < -0.4 is 10.4 Å². The summed E-state index contributed by atoms with van der Waals surface area (Å²) in [5, 5.41) is 12.3. The van der Waals surface area contributed by atoms with E-state index in [1.54, 1.807) is 16.7 Å². The lowest BCUT2D eigenvalue weighted by molar-refractivity contribution is -0.137. The van der Waals surface area contributed by atoms with Gasteiger partial charge >= 0.3 is 12.2 Å². The Balaban J connectivity index is 1.53.